The Morgan fingerprint density at radius 2 is 1.18 bits per heavy atom. The molecule has 0 fully saturated rings. The number of nitrogens with zero attached hydrogens (tertiary/aromatic N) is 2. The van der Waals surface area contributed by atoms with E-state index in [9.17, 15) is 10.2 Å². The van der Waals surface area contributed by atoms with Gasteiger partial charge in [-0.3, -0.25) is 0 Å². The lowest BCUT2D eigenvalue weighted by Crippen LogP contribution is -2.52. The molecule has 28 heavy (non-hydrogen) atoms. The summed E-state index contributed by atoms with van der Waals surface area (Å²) < 4.78 is 0. The Morgan fingerprint density at radius 1 is 0.679 bits per heavy atom. The van der Waals surface area contributed by atoms with Crippen LogP contribution in [0.2, 0.25) is 0 Å². The Kier molecular flexibility index (Phi) is 4.63. The smallest absolute Gasteiger partial charge is 0.217 e. The molecular weight excluding hydrogens is 348 g/mol. The zero-order valence-corrected chi connectivity index (χ0v) is 15.2. The monoisotopic (exact) mass is 368 g/mol. The molecule has 0 aliphatic heterocycles. The van der Waals surface area contributed by atoms with Crippen molar-refractivity contribution in [1.29, 1.82) is 0 Å². The van der Waals surface area contributed by atoms with Crippen LogP contribution in [0.25, 0.3) is 0 Å². The molecule has 0 spiro atoms. The van der Waals surface area contributed by atoms with Crippen molar-refractivity contribution in [3.8, 4) is 0 Å². The van der Waals surface area contributed by atoms with Crippen molar-refractivity contribution >= 4 is 5.69 Å². The molecule has 0 heterocycles. The first-order valence-corrected chi connectivity index (χ1v) is 9.07. The first-order valence-electron chi connectivity index (χ1n) is 9.07. The Bertz CT molecular complexity index is 988. The molecule has 4 heteroatoms. The number of benzene rings is 3. The Morgan fingerprint density at radius 3 is 1.71 bits per heavy atom. The highest BCUT2D eigenvalue weighted by molar-refractivity contribution is 5.55. The largest absolute Gasteiger partial charge is 0.511 e. The Balaban J connectivity index is 1.97. The fraction of sp³-hybridized carbons (Fsp3) is 0.0833. The number of azo groups is 1. The number of hydrogen-bond acceptors (Lipinski definition) is 4. The molecule has 4 nitrogen and oxygen atoms in total. The second-order valence-electron chi connectivity index (χ2n) is 6.65. The summed E-state index contributed by atoms with van der Waals surface area (Å²) in [6.07, 6.45) is 4.76. The zero-order chi connectivity index (χ0) is 19.5. The maximum atomic E-state index is 11.8. The van der Waals surface area contributed by atoms with Crippen molar-refractivity contribution in [2.24, 2.45) is 10.2 Å². The summed E-state index contributed by atoms with van der Waals surface area (Å²) in [5.41, 5.74) is -1.08. The molecule has 0 aromatic heterocycles. The van der Waals surface area contributed by atoms with Crippen molar-refractivity contribution in [2.45, 2.75) is 11.1 Å². The second-order valence-corrected chi connectivity index (χ2v) is 6.65. The number of hydrogen-bond donors (Lipinski definition) is 2. The fourth-order valence-corrected chi connectivity index (χ4v) is 3.71. The molecule has 3 aromatic carbocycles. The third-order valence-corrected chi connectivity index (χ3v) is 5.01. The summed E-state index contributed by atoms with van der Waals surface area (Å²) >= 11 is 0. The number of aliphatic hydroxyl groups excluding tert-OH is 1. The van der Waals surface area contributed by atoms with Crippen LogP contribution in [0.3, 0.4) is 0 Å². The van der Waals surface area contributed by atoms with Gasteiger partial charge in [-0.25, -0.2) is 0 Å². The van der Waals surface area contributed by atoms with Gasteiger partial charge in [-0.1, -0.05) is 84.9 Å². The molecule has 0 saturated carbocycles. The van der Waals surface area contributed by atoms with E-state index in [-0.39, 0.29) is 5.76 Å². The van der Waals surface area contributed by atoms with Gasteiger partial charge in [0.25, 0.3) is 0 Å². The van der Waals surface area contributed by atoms with Crippen molar-refractivity contribution in [3.63, 3.8) is 0 Å². The Hall–Kier alpha value is -3.50. The van der Waals surface area contributed by atoms with Gasteiger partial charge in [0.2, 0.25) is 5.72 Å². The molecule has 0 bridgehead atoms. The summed E-state index contributed by atoms with van der Waals surface area (Å²) in [6.45, 7) is 0. The van der Waals surface area contributed by atoms with E-state index in [1.807, 2.05) is 91.0 Å². The standard InChI is InChI=1S/C24H20N2O2/c27-22-17-10-18-23(28,26-25-21-15-8-3-9-16-21)24(22,19-11-4-1-5-12-19)20-13-6-2-7-14-20/h1-18,27-28H. The average molecular weight is 368 g/mol. The summed E-state index contributed by atoms with van der Waals surface area (Å²) in [4.78, 5) is 0. The van der Waals surface area contributed by atoms with Crippen molar-refractivity contribution in [2.75, 3.05) is 0 Å². The van der Waals surface area contributed by atoms with E-state index in [2.05, 4.69) is 10.2 Å². The van der Waals surface area contributed by atoms with Crippen molar-refractivity contribution in [1.82, 2.24) is 0 Å². The molecule has 138 valence electrons. The van der Waals surface area contributed by atoms with Crippen LogP contribution >= 0.6 is 0 Å². The van der Waals surface area contributed by atoms with Gasteiger partial charge in [-0.15, -0.1) is 5.11 Å². The van der Waals surface area contributed by atoms with E-state index < -0.39 is 11.1 Å². The molecule has 4 rings (SSSR count). The third-order valence-electron chi connectivity index (χ3n) is 5.01. The molecule has 1 atom stereocenters. The van der Waals surface area contributed by atoms with Gasteiger partial charge >= 0.3 is 0 Å². The van der Waals surface area contributed by atoms with E-state index in [1.165, 1.54) is 0 Å². The number of allylic oxidation sites excluding steroid dienone is 2. The third kappa shape index (κ3) is 2.84. The van der Waals surface area contributed by atoms with Crippen LogP contribution in [-0.2, 0) is 5.41 Å². The molecule has 0 amide bonds. The predicted octanol–water partition coefficient (Wildman–Crippen LogP) is 5.46. The maximum Gasteiger partial charge on any atom is 0.217 e. The maximum absolute atomic E-state index is 11.8. The van der Waals surface area contributed by atoms with Gasteiger partial charge < -0.3 is 10.2 Å². The van der Waals surface area contributed by atoms with Gasteiger partial charge in [-0.2, -0.15) is 5.11 Å². The quantitative estimate of drug-likeness (QED) is 0.601. The van der Waals surface area contributed by atoms with Crippen LogP contribution in [0.1, 0.15) is 11.1 Å². The van der Waals surface area contributed by atoms with Crippen molar-refractivity contribution in [3.05, 3.63) is 126 Å². The molecule has 3 aromatic rings. The van der Waals surface area contributed by atoms with E-state index in [4.69, 9.17) is 0 Å². The van der Waals surface area contributed by atoms with Crippen LogP contribution in [0.4, 0.5) is 5.69 Å². The molecule has 0 saturated heterocycles. The molecule has 1 aliphatic carbocycles. The lowest BCUT2D eigenvalue weighted by atomic mass is 9.64. The van der Waals surface area contributed by atoms with Crippen LogP contribution in [0.15, 0.2) is 125 Å². The second kappa shape index (κ2) is 7.25. The minimum Gasteiger partial charge on any atom is -0.511 e. The van der Waals surface area contributed by atoms with Gasteiger partial charge in [0.15, 0.2) is 0 Å². The van der Waals surface area contributed by atoms with Gasteiger partial charge in [0.05, 0.1) is 5.69 Å². The summed E-state index contributed by atoms with van der Waals surface area (Å²) in [5.74, 6) is 0.00177. The van der Waals surface area contributed by atoms with Gasteiger partial charge in [-0.05, 0) is 35.4 Å². The first kappa shape index (κ1) is 17.9. The normalized spacial score (nSPS) is 20.8. The minimum absolute atomic E-state index is 0.00177. The van der Waals surface area contributed by atoms with E-state index in [1.54, 1.807) is 18.2 Å². The highest BCUT2D eigenvalue weighted by atomic mass is 16.3. The highest BCUT2D eigenvalue weighted by Gasteiger charge is 2.56. The lowest BCUT2D eigenvalue weighted by Gasteiger charge is -2.44. The molecule has 0 radical (unpaired) electrons. The van der Waals surface area contributed by atoms with Gasteiger partial charge in [0, 0.05) is 0 Å². The number of rotatable bonds is 4. The van der Waals surface area contributed by atoms with Crippen LogP contribution in [0, 0.1) is 0 Å². The van der Waals surface area contributed by atoms with E-state index >= 15 is 0 Å². The highest BCUT2D eigenvalue weighted by Crippen LogP contribution is 2.50. The first-order chi connectivity index (χ1) is 13.7. The summed E-state index contributed by atoms with van der Waals surface area (Å²) in [7, 11) is 0. The minimum atomic E-state index is -1.82. The van der Waals surface area contributed by atoms with Crippen LogP contribution in [0.5, 0.6) is 0 Å². The van der Waals surface area contributed by atoms with Crippen molar-refractivity contribution < 1.29 is 10.2 Å². The SMILES string of the molecule is OC1=CC=CC(O)(N=Nc2ccccc2)C1(c1ccccc1)c1ccccc1. The summed E-state index contributed by atoms with van der Waals surface area (Å²) in [6, 6.07) is 28.0. The van der Waals surface area contributed by atoms with Crippen LogP contribution < -0.4 is 0 Å². The molecule has 1 unspecified atom stereocenters. The average Bonchev–Trinajstić information content (AvgIpc) is 2.75. The topological polar surface area (TPSA) is 65.2 Å². The fourth-order valence-electron chi connectivity index (χ4n) is 3.71. The molecule has 1 aliphatic rings. The van der Waals surface area contributed by atoms with E-state index in [0.717, 1.165) is 0 Å². The summed E-state index contributed by atoms with van der Waals surface area (Å²) in [5, 5.41) is 31.5. The molecule has 2 N–H and O–H groups in total. The van der Waals surface area contributed by atoms with Crippen LogP contribution in [-0.4, -0.2) is 15.9 Å². The Labute approximate surface area is 163 Å². The predicted molar refractivity (Wildman–Crippen MR) is 109 cm³/mol. The number of aliphatic hydroxyl groups is 2. The molecular formula is C24H20N2O2. The zero-order valence-electron chi connectivity index (χ0n) is 15.2. The lowest BCUT2D eigenvalue weighted by molar-refractivity contribution is 0.0204. The van der Waals surface area contributed by atoms with Gasteiger partial charge in [0.1, 0.15) is 11.2 Å². The van der Waals surface area contributed by atoms with E-state index in [0.29, 0.717) is 16.8 Å².